The van der Waals surface area contributed by atoms with Gasteiger partial charge in [-0.1, -0.05) is 30.3 Å². The van der Waals surface area contributed by atoms with Crippen LogP contribution in [0.15, 0.2) is 30.3 Å². The van der Waals surface area contributed by atoms with Gasteiger partial charge in [0.25, 0.3) is 0 Å². The van der Waals surface area contributed by atoms with Crippen LogP contribution in [0.1, 0.15) is 18.0 Å². The Morgan fingerprint density at radius 1 is 1.25 bits per heavy atom. The topological polar surface area (TPSA) is 81.2 Å². The van der Waals surface area contributed by atoms with Crippen molar-refractivity contribution in [3.63, 3.8) is 0 Å². The molecular weight excluding hydrogens is 152 g/mol. The van der Waals surface area contributed by atoms with Crippen LogP contribution in [-0.4, -0.2) is 11.7 Å². The van der Waals surface area contributed by atoms with E-state index in [-0.39, 0.29) is 18.8 Å². The van der Waals surface area contributed by atoms with Gasteiger partial charge in [0.1, 0.15) is 0 Å². The highest BCUT2D eigenvalue weighted by molar-refractivity contribution is 5.18. The molecule has 0 bridgehead atoms. The van der Waals surface area contributed by atoms with Crippen LogP contribution in [0.25, 0.3) is 0 Å². The molecule has 0 saturated carbocycles. The summed E-state index contributed by atoms with van der Waals surface area (Å²) in [7, 11) is 0. The first kappa shape index (κ1) is 11.1. The monoisotopic (exact) mass is 168 g/mol. The fourth-order valence-corrected chi connectivity index (χ4v) is 1.01. The fourth-order valence-electron chi connectivity index (χ4n) is 1.01. The summed E-state index contributed by atoms with van der Waals surface area (Å²) in [6.45, 7) is 0.149. The summed E-state index contributed by atoms with van der Waals surface area (Å²) >= 11 is 0. The Morgan fingerprint density at radius 3 is 2.33 bits per heavy atom. The number of aliphatic hydroxyl groups excluding tert-OH is 1. The smallest absolute Gasteiger partial charge is 0.0449 e. The Balaban J connectivity index is 0.00000121. The second kappa shape index (κ2) is 5.71. The van der Waals surface area contributed by atoms with E-state index in [1.807, 2.05) is 30.3 Å². The van der Waals surface area contributed by atoms with Crippen LogP contribution >= 0.6 is 0 Å². The van der Waals surface area contributed by atoms with E-state index in [9.17, 15) is 0 Å². The normalized spacial score (nSPS) is 11.8. The zero-order valence-electron chi connectivity index (χ0n) is 7.11. The van der Waals surface area contributed by atoms with Gasteiger partial charge >= 0.3 is 0 Å². The molecule has 3 nitrogen and oxygen atoms in total. The van der Waals surface area contributed by atoms with Crippen LogP contribution < -0.4 is 11.9 Å². The summed E-state index contributed by atoms with van der Waals surface area (Å²) in [5.41, 5.74) is 6.83. The molecule has 0 saturated heterocycles. The third-order valence-electron chi connectivity index (χ3n) is 1.67. The van der Waals surface area contributed by atoms with Gasteiger partial charge in [-0.2, -0.15) is 0 Å². The highest BCUT2D eigenvalue weighted by Crippen LogP contribution is 2.11. The van der Waals surface area contributed by atoms with Gasteiger partial charge in [0.05, 0.1) is 0 Å². The average Bonchev–Trinajstić information content (AvgIpc) is 2.07. The minimum Gasteiger partial charge on any atom is -0.396 e. The van der Waals surface area contributed by atoms with Crippen molar-refractivity contribution in [2.45, 2.75) is 12.5 Å². The van der Waals surface area contributed by atoms with E-state index in [1.54, 1.807) is 0 Å². The molecule has 0 aliphatic rings. The molecule has 1 unspecified atom stereocenters. The number of hydrogen-bond acceptors (Lipinski definition) is 3. The largest absolute Gasteiger partial charge is 0.396 e. The molecule has 0 fully saturated rings. The highest BCUT2D eigenvalue weighted by Gasteiger charge is 2.02. The van der Waals surface area contributed by atoms with Crippen molar-refractivity contribution >= 4 is 0 Å². The molecule has 0 aliphatic carbocycles. The summed E-state index contributed by atoms with van der Waals surface area (Å²) in [5, 5.41) is 8.62. The molecule has 12 heavy (non-hydrogen) atoms. The van der Waals surface area contributed by atoms with Gasteiger partial charge in [-0.15, -0.1) is 0 Å². The molecule has 0 amide bonds. The predicted octanol–water partition coefficient (Wildman–Crippen LogP) is 1.23. The van der Waals surface area contributed by atoms with Gasteiger partial charge in [0.15, 0.2) is 0 Å². The summed E-state index contributed by atoms with van der Waals surface area (Å²) in [6.07, 6.45) is 0.629. The molecule has 1 rings (SSSR count). The van der Waals surface area contributed by atoms with Gasteiger partial charge < -0.3 is 17.0 Å². The van der Waals surface area contributed by atoms with Crippen molar-refractivity contribution in [3.05, 3.63) is 35.9 Å². The van der Waals surface area contributed by atoms with Crippen LogP contribution in [0, 0.1) is 0 Å². The van der Waals surface area contributed by atoms with Crippen LogP contribution in [0.2, 0.25) is 0 Å². The number of hydrogen-bond donors (Lipinski definition) is 3. The second-order valence-corrected chi connectivity index (χ2v) is 2.53. The Kier molecular flexibility index (Phi) is 5.28. The number of nitrogens with two attached hydrogens (primary N) is 1. The fraction of sp³-hybridized carbons (Fsp3) is 0.333. The molecule has 0 spiro atoms. The Labute approximate surface area is 72.8 Å². The summed E-state index contributed by atoms with van der Waals surface area (Å²) in [6, 6.07) is 9.77. The van der Waals surface area contributed by atoms with E-state index in [4.69, 9.17) is 10.8 Å². The van der Waals surface area contributed by atoms with E-state index in [1.165, 1.54) is 0 Å². The number of aliphatic hydroxyl groups is 1. The third-order valence-corrected chi connectivity index (χ3v) is 1.67. The first-order chi connectivity index (χ1) is 5.34. The lowest BCUT2D eigenvalue weighted by Gasteiger charge is -2.08. The van der Waals surface area contributed by atoms with Crippen LogP contribution in [0.3, 0.4) is 0 Å². The van der Waals surface area contributed by atoms with Gasteiger partial charge in [-0.25, -0.2) is 0 Å². The molecular formula is C9H16N2O. The molecule has 0 radical (unpaired) electrons. The van der Waals surface area contributed by atoms with E-state index >= 15 is 0 Å². The minimum absolute atomic E-state index is 0. The maximum absolute atomic E-state index is 8.62. The molecule has 1 atom stereocenters. The predicted molar refractivity (Wildman–Crippen MR) is 50.1 cm³/mol. The lowest BCUT2D eigenvalue weighted by molar-refractivity contribution is 0.276. The van der Waals surface area contributed by atoms with E-state index in [0.29, 0.717) is 6.42 Å². The minimum atomic E-state index is -0.0267. The van der Waals surface area contributed by atoms with Crippen LogP contribution in [-0.2, 0) is 0 Å². The summed E-state index contributed by atoms with van der Waals surface area (Å²) < 4.78 is 0. The lowest BCUT2D eigenvalue weighted by atomic mass is 10.1. The molecule has 6 N–H and O–H groups in total. The van der Waals surface area contributed by atoms with E-state index in [0.717, 1.165) is 5.56 Å². The van der Waals surface area contributed by atoms with Crippen molar-refractivity contribution in [1.82, 2.24) is 6.15 Å². The number of benzene rings is 1. The Hall–Kier alpha value is -0.900. The van der Waals surface area contributed by atoms with E-state index in [2.05, 4.69) is 0 Å². The van der Waals surface area contributed by atoms with Gasteiger partial charge in [0.2, 0.25) is 0 Å². The van der Waals surface area contributed by atoms with Crippen molar-refractivity contribution in [2.24, 2.45) is 5.73 Å². The first-order valence-electron chi connectivity index (χ1n) is 3.76. The molecule has 1 aromatic rings. The second-order valence-electron chi connectivity index (χ2n) is 2.53. The average molecular weight is 168 g/mol. The zero-order chi connectivity index (χ0) is 8.10. The zero-order valence-corrected chi connectivity index (χ0v) is 7.11. The van der Waals surface area contributed by atoms with Crippen molar-refractivity contribution in [3.8, 4) is 0 Å². The van der Waals surface area contributed by atoms with Gasteiger partial charge in [-0.05, 0) is 12.0 Å². The molecule has 68 valence electrons. The SMILES string of the molecule is N.NC(CCO)c1ccccc1. The molecule has 0 aromatic heterocycles. The summed E-state index contributed by atoms with van der Waals surface area (Å²) in [4.78, 5) is 0. The molecule has 0 heterocycles. The highest BCUT2D eigenvalue weighted by atomic mass is 16.3. The Morgan fingerprint density at radius 2 is 1.83 bits per heavy atom. The van der Waals surface area contributed by atoms with Crippen molar-refractivity contribution in [1.29, 1.82) is 0 Å². The molecule has 1 aromatic carbocycles. The van der Waals surface area contributed by atoms with Crippen LogP contribution in [0.5, 0.6) is 0 Å². The maximum atomic E-state index is 8.62. The lowest BCUT2D eigenvalue weighted by Crippen LogP contribution is -2.11. The quantitative estimate of drug-likeness (QED) is 0.635. The maximum Gasteiger partial charge on any atom is 0.0449 e. The standard InChI is InChI=1S/C9H13NO.H3N/c10-9(6-7-11)8-4-2-1-3-5-8;/h1-5,9,11H,6-7,10H2;1H3. The van der Waals surface area contributed by atoms with Crippen molar-refractivity contribution < 1.29 is 5.11 Å². The van der Waals surface area contributed by atoms with Gasteiger partial charge in [-0.3, -0.25) is 0 Å². The summed E-state index contributed by atoms with van der Waals surface area (Å²) in [5.74, 6) is 0. The first-order valence-corrected chi connectivity index (χ1v) is 3.76. The number of rotatable bonds is 3. The Bertz CT molecular complexity index is 201. The molecule has 3 heteroatoms. The molecule has 0 aliphatic heterocycles. The van der Waals surface area contributed by atoms with Crippen molar-refractivity contribution in [2.75, 3.05) is 6.61 Å². The van der Waals surface area contributed by atoms with E-state index < -0.39 is 0 Å². The van der Waals surface area contributed by atoms with Crippen LogP contribution in [0.4, 0.5) is 0 Å². The van der Waals surface area contributed by atoms with Gasteiger partial charge in [0, 0.05) is 12.6 Å². The third kappa shape index (κ3) is 3.00.